The van der Waals surface area contributed by atoms with Crippen molar-refractivity contribution in [1.82, 2.24) is 0 Å². The second-order valence-corrected chi connectivity index (χ2v) is 3.76. The maximum atomic E-state index is 9.04. The van der Waals surface area contributed by atoms with Crippen LogP contribution in [0.4, 0.5) is 5.69 Å². The smallest absolute Gasteiger partial charge is 0.0606 e. The first-order chi connectivity index (χ1) is 5.70. The maximum Gasteiger partial charge on any atom is 0.0606 e. The number of rotatable bonds is 3. The Morgan fingerprint density at radius 2 is 2.17 bits per heavy atom. The number of aliphatic hydroxyl groups is 1. The van der Waals surface area contributed by atoms with E-state index >= 15 is 0 Å². The van der Waals surface area contributed by atoms with Gasteiger partial charge in [-0.15, -0.1) is 11.8 Å². The van der Waals surface area contributed by atoms with E-state index in [1.807, 2.05) is 24.3 Å². The topological polar surface area (TPSA) is 46.2 Å². The lowest BCUT2D eigenvalue weighted by atomic mass is 10.3. The van der Waals surface area contributed by atoms with E-state index in [1.165, 1.54) is 0 Å². The van der Waals surface area contributed by atoms with Gasteiger partial charge in [0.05, 0.1) is 6.10 Å². The zero-order chi connectivity index (χ0) is 8.97. The largest absolute Gasteiger partial charge is 0.398 e. The summed E-state index contributed by atoms with van der Waals surface area (Å²) in [7, 11) is 0. The van der Waals surface area contributed by atoms with E-state index in [0.717, 1.165) is 10.6 Å². The molecule has 1 rings (SSSR count). The summed E-state index contributed by atoms with van der Waals surface area (Å²) in [6, 6.07) is 7.68. The fourth-order valence-corrected chi connectivity index (χ4v) is 1.65. The van der Waals surface area contributed by atoms with Crippen LogP contribution in [-0.2, 0) is 0 Å². The number of aliphatic hydroxyl groups excluding tert-OH is 1. The fourth-order valence-electron chi connectivity index (χ4n) is 0.822. The molecule has 0 bridgehead atoms. The number of hydrogen-bond donors (Lipinski definition) is 2. The van der Waals surface area contributed by atoms with Gasteiger partial charge in [-0.1, -0.05) is 12.1 Å². The van der Waals surface area contributed by atoms with Gasteiger partial charge in [0, 0.05) is 16.3 Å². The summed E-state index contributed by atoms with van der Waals surface area (Å²) in [5.41, 5.74) is 6.48. The molecule has 0 saturated carbocycles. The van der Waals surface area contributed by atoms with Crippen LogP contribution in [0.2, 0.25) is 0 Å². The molecule has 0 spiro atoms. The van der Waals surface area contributed by atoms with Gasteiger partial charge in [0.15, 0.2) is 0 Å². The van der Waals surface area contributed by atoms with Gasteiger partial charge in [0.1, 0.15) is 0 Å². The molecule has 1 atom stereocenters. The van der Waals surface area contributed by atoms with E-state index in [2.05, 4.69) is 0 Å². The Morgan fingerprint density at radius 3 is 2.75 bits per heavy atom. The van der Waals surface area contributed by atoms with Crippen LogP contribution in [-0.4, -0.2) is 17.0 Å². The number of hydrogen-bond acceptors (Lipinski definition) is 3. The Kier molecular flexibility index (Phi) is 3.44. The maximum absolute atomic E-state index is 9.04. The summed E-state index contributed by atoms with van der Waals surface area (Å²) in [6.07, 6.45) is -0.283. The third-order valence-corrected chi connectivity index (χ3v) is 2.73. The second-order valence-electron chi connectivity index (χ2n) is 2.70. The Labute approximate surface area is 76.8 Å². The monoisotopic (exact) mass is 183 g/mol. The predicted octanol–water partition coefficient (Wildman–Crippen LogP) is 1.74. The summed E-state index contributed by atoms with van der Waals surface area (Å²) < 4.78 is 0. The molecule has 0 aliphatic heterocycles. The van der Waals surface area contributed by atoms with Crippen molar-refractivity contribution >= 4 is 17.4 Å². The molecule has 0 aliphatic rings. The Hall–Kier alpha value is -0.670. The summed E-state index contributed by atoms with van der Waals surface area (Å²) in [6.45, 7) is 1.77. The third-order valence-electron chi connectivity index (χ3n) is 1.40. The van der Waals surface area contributed by atoms with E-state index in [1.54, 1.807) is 18.7 Å². The number of thioether (sulfide) groups is 1. The van der Waals surface area contributed by atoms with Crippen LogP contribution >= 0.6 is 11.8 Å². The van der Waals surface area contributed by atoms with Crippen LogP contribution < -0.4 is 5.73 Å². The first kappa shape index (κ1) is 9.42. The quantitative estimate of drug-likeness (QED) is 0.554. The molecule has 1 unspecified atom stereocenters. The van der Waals surface area contributed by atoms with Gasteiger partial charge in [0.25, 0.3) is 0 Å². The molecule has 1 aromatic carbocycles. The molecule has 2 nitrogen and oxygen atoms in total. The molecule has 3 heteroatoms. The normalized spacial score (nSPS) is 12.8. The van der Waals surface area contributed by atoms with Crippen molar-refractivity contribution in [2.24, 2.45) is 0 Å². The van der Waals surface area contributed by atoms with Crippen molar-refractivity contribution < 1.29 is 5.11 Å². The first-order valence-electron chi connectivity index (χ1n) is 3.85. The van der Waals surface area contributed by atoms with Crippen molar-refractivity contribution in [3.63, 3.8) is 0 Å². The molecule has 0 radical (unpaired) electrons. The summed E-state index contributed by atoms with van der Waals surface area (Å²) in [5, 5.41) is 9.04. The molecule has 0 heterocycles. The van der Waals surface area contributed by atoms with Gasteiger partial charge in [0.2, 0.25) is 0 Å². The molecule has 0 aromatic heterocycles. The third kappa shape index (κ3) is 2.75. The molecule has 1 aromatic rings. The van der Waals surface area contributed by atoms with Gasteiger partial charge in [-0.25, -0.2) is 0 Å². The highest BCUT2D eigenvalue weighted by molar-refractivity contribution is 7.99. The zero-order valence-electron chi connectivity index (χ0n) is 7.03. The zero-order valence-corrected chi connectivity index (χ0v) is 7.84. The van der Waals surface area contributed by atoms with Crippen LogP contribution in [0.5, 0.6) is 0 Å². The average molecular weight is 183 g/mol. The molecule has 12 heavy (non-hydrogen) atoms. The molecule has 3 N–H and O–H groups in total. The van der Waals surface area contributed by atoms with Crippen molar-refractivity contribution in [3.8, 4) is 0 Å². The number of anilines is 1. The van der Waals surface area contributed by atoms with Crippen LogP contribution in [0.25, 0.3) is 0 Å². The minimum atomic E-state index is -0.283. The molecule has 0 saturated heterocycles. The lowest BCUT2D eigenvalue weighted by Gasteiger charge is -2.05. The van der Waals surface area contributed by atoms with Gasteiger partial charge >= 0.3 is 0 Å². The van der Waals surface area contributed by atoms with Gasteiger partial charge in [-0.3, -0.25) is 0 Å². The summed E-state index contributed by atoms with van der Waals surface area (Å²) in [5.74, 6) is 0.689. The van der Waals surface area contributed by atoms with Crippen molar-refractivity contribution in [1.29, 1.82) is 0 Å². The van der Waals surface area contributed by atoms with Gasteiger partial charge in [-0.05, 0) is 19.1 Å². The summed E-state index contributed by atoms with van der Waals surface area (Å²) >= 11 is 1.58. The highest BCUT2D eigenvalue weighted by Crippen LogP contribution is 2.24. The number of benzene rings is 1. The molecular formula is C9H13NOS. The average Bonchev–Trinajstić information content (AvgIpc) is 2.03. The molecular weight excluding hydrogens is 170 g/mol. The fraction of sp³-hybridized carbons (Fsp3) is 0.333. The van der Waals surface area contributed by atoms with E-state index in [4.69, 9.17) is 10.8 Å². The van der Waals surface area contributed by atoms with E-state index in [0.29, 0.717) is 5.75 Å². The predicted molar refractivity (Wildman–Crippen MR) is 53.3 cm³/mol. The Balaban J connectivity index is 2.57. The van der Waals surface area contributed by atoms with Gasteiger partial charge < -0.3 is 10.8 Å². The first-order valence-corrected chi connectivity index (χ1v) is 4.84. The number of para-hydroxylation sites is 1. The SMILES string of the molecule is CC(O)CSc1ccccc1N. The van der Waals surface area contributed by atoms with Crippen molar-refractivity contribution in [2.75, 3.05) is 11.5 Å². The van der Waals surface area contributed by atoms with Crippen LogP contribution in [0.15, 0.2) is 29.2 Å². The lowest BCUT2D eigenvalue weighted by Crippen LogP contribution is -2.02. The molecule has 0 amide bonds. The van der Waals surface area contributed by atoms with Gasteiger partial charge in [-0.2, -0.15) is 0 Å². The highest BCUT2D eigenvalue weighted by atomic mass is 32.2. The highest BCUT2D eigenvalue weighted by Gasteiger charge is 2.00. The van der Waals surface area contributed by atoms with E-state index in [9.17, 15) is 0 Å². The van der Waals surface area contributed by atoms with Crippen molar-refractivity contribution in [3.05, 3.63) is 24.3 Å². The molecule has 0 aliphatic carbocycles. The van der Waals surface area contributed by atoms with E-state index in [-0.39, 0.29) is 6.10 Å². The van der Waals surface area contributed by atoms with Crippen LogP contribution in [0.3, 0.4) is 0 Å². The summed E-state index contributed by atoms with van der Waals surface area (Å²) in [4.78, 5) is 1.04. The standard InChI is InChI=1S/C9H13NOS/c1-7(11)6-12-9-5-3-2-4-8(9)10/h2-5,7,11H,6,10H2,1H3. The Morgan fingerprint density at radius 1 is 1.50 bits per heavy atom. The number of nitrogens with two attached hydrogens (primary N) is 1. The van der Waals surface area contributed by atoms with Crippen LogP contribution in [0.1, 0.15) is 6.92 Å². The minimum absolute atomic E-state index is 0.283. The van der Waals surface area contributed by atoms with E-state index < -0.39 is 0 Å². The Bertz CT molecular complexity index is 250. The minimum Gasteiger partial charge on any atom is -0.398 e. The van der Waals surface area contributed by atoms with Crippen LogP contribution in [0, 0.1) is 0 Å². The molecule has 66 valence electrons. The molecule has 0 fully saturated rings. The second kappa shape index (κ2) is 4.38. The lowest BCUT2D eigenvalue weighted by molar-refractivity contribution is 0.220. The number of nitrogen functional groups attached to an aromatic ring is 1. The van der Waals surface area contributed by atoms with Crippen molar-refractivity contribution in [2.45, 2.75) is 17.9 Å².